The number of amides is 2. The van der Waals surface area contributed by atoms with Gasteiger partial charge in [-0.2, -0.15) is 13.2 Å². The number of benzene rings is 3. The quantitative estimate of drug-likeness (QED) is 0.345. The Balaban J connectivity index is 1.53. The maximum absolute atomic E-state index is 13.8. The molecule has 37 heavy (non-hydrogen) atoms. The summed E-state index contributed by atoms with van der Waals surface area (Å²) in [5.74, 6) is -6.24. The second-order valence-corrected chi connectivity index (χ2v) is 9.53. The molecule has 3 atom stereocenters. The zero-order chi connectivity index (χ0) is 26.3. The van der Waals surface area contributed by atoms with E-state index in [1.807, 2.05) is 0 Å². The van der Waals surface area contributed by atoms with Crippen LogP contribution in [0.25, 0.3) is 0 Å². The number of nitrogens with zero attached hydrogens (tertiary/aromatic N) is 1. The third-order valence-electron chi connectivity index (χ3n) is 7.15. The second kappa shape index (κ2) is 7.84. The van der Waals surface area contributed by atoms with Crippen LogP contribution in [0.2, 0.25) is 5.02 Å². The van der Waals surface area contributed by atoms with Crippen molar-refractivity contribution in [2.45, 2.75) is 17.9 Å². The number of hydrogen-bond donors (Lipinski definition) is 0. The van der Waals surface area contributed by atoms with Crippen LogP contribution < -0.4 is 4.90 Å². The van der Waals surface area contributed by atoms with Crippen LogP contribution in [0.15, 0.2) is 72.8 Å². The predicted molar refractivity (Wildman–Crippen MR) is 124 cm³/mol. The summed E-state index contributed by atoms with van der Waals surface area (Å²) in [5.41, 5.74) is -3.17. The first-order valence-electron chi connectivity index (χ1n) is 11.2. The number of Topliss-reactive ketones (excluding diaryl/α,β-unsaturated/α-hetero) is 2. The number of fused-ring (bicyclic) bond motifs is 3. The lowest BCUT2D eigenvalue weighted by molar-refractivity contribution is -0.137. The maximum atomic E-state index is 13.8. The summed E-state index contributed by atoms with van der Waals surface area (Å²) in [6, 6.07) is 15.9. The lowest BCUT2D eigenvalue weighted by Crippen LogP contribution is -2.51. The van der Waals surface area contributed by atoms with Crippen molar-refractivity contribution in [2.24, 2.45) is 11.8 Å². The van der Waals surface area contributed by atoms with Crippen LogP contribution in [0.3, 0.4) is 0 Å². The molecule has 2 fully saturated rings. The molecule has 3 aromatic carbocycles. The largest absolute Gasteiger partial charge is 0.416 e. The van der Waals surface area contributed by atoms with Crippen LogP contribution in [0.5, 0.6) is 0 Å². The highest BCUT2D eigenvalue weighted by Gasteiger charge is 2.74. The monoisotopic (exact) mass is 525 g/mol. The van der Waals surface area contributed by atoms with Gasteiger partial charge in [0.2, 0.25) is 29.0 Å². The van der Waals surface area contributed by atoms with Crippen LogP contribution in [-0.4, -0.2) is 29.0 Å². The minimum absolute atomic E-state index is 0.0563. The second-order valence-electron chi connectivity index (χ2n) is 9.09. The Hall–Kier alpha value is -3.82. The molecule has 2 heterocycles. The standard InChI is InChI=1S/C27H15ClF3NO5/c28-15-10-8-13(9-11-15)21-19-20(26(37-21)22(33)17-6-1-2-7-18(17)23(26)34)25(36)32(24(19)35)16-5-3-4-14(12-16)27(29,30)31/h1-12,19-21H/t19-,20-,21+/m0/s1. The van der Waals surface area contributed by atoms with E-state index in [4.69, 9.17) is 16.3 Å². The topological polar surface area (TPSA) is 80.8 Å². The molecule has 3 aromatic rings. The molecule has 6 nitrogen and oxygen atoms in total. The molecule has 1 aliphatic carbocycles. The zero-order valence-electron chi connectivity index (χ0n) is 18.7. The van der Waals surface area contributed by atoms with Crippen molar-refractivity contribution in [3.63, 3.8) is 0 Å². The summed E-state index contributed by atoms with van der Waals surface area (Å²) < 4.78 is 46.3. The number of imide groups is 1. The van der Waals surface area contributed by atoms with Crippen LogP contribution in [0, 0.1) is 11.8 Å². The Morgan fingerprint density at radius 1 is 0.811 bits per heavy atom. The molecule has 2 aliphatic heterocycles. The van der Waals surface area contributed by atoms with Crippen molar-refractivity contribution in [3.05, 3.63) is 100 Å². The number of carbonyl (C=O) groups is 4. The Labute approximate surface area is 212 Å². The normalized spacial score (nSPS) is 24.2. The number of carbonyl (C=O) groups excluding carboxylic acids is 4. The van der Waals surface area contributed by atoms with Crippen molar-refractivity contribution < 1.29 is 37.1 Å². The Morgan fingerprint density at radius 3 is 2.03 bits per heavy atom. The van der Waals surface area contributed by atoms with Crippen LogP contribution in [0.4, 0.5) is 18.9 Å². The highest BCUT2D eigenvalue weighted by molar-refractivity contribution is 6.37. The fourth-order valence-corrected chi connectivity index (χ4v) is 5.67. The number of ether oxygens (including phenoxy) is 1. The zero-order valence-corrected chi connectivity index (χ0v) is 19.4. The van der Waals surface area contributed by atoms with Crippen molar-refractivity contribution in [3.8, 4) is 0 Å². The molecule has 2 saturated heterocycles. The van der Waals surface area contributed by atoms with Crippen LogP contribution >= 0.6 is 11.6 Å². The fraction of sp³-hybridized carbons (Fsp3) is 0.185. The molecule has 0 N–H and O–H groups in total. The van der Waals surface area contributed by atoms with Gasteiger partial charge in [0.25, 0.3) is 0 Å². The summed E-state index contributed by atoms with van der Waals surface area (Å²) in [6.07, 6.45) is -5.91. The van der Waals surface area contributed by atoms with E-state index in [-0.39, 0.29) is 16.8 Å². The molecule has 0 radical (unpaired) electrons. The van der Waals surface area contributed by atoms with Gasteiger partial charge in [-0.3, -0.25) is 19.2 Å². The molecule has 10 heteroatoms. The van der Waals surface area contributed by atoms with E-state index < -0.39 is 58.7 Å². The maximum Gasteiger partial charge on any atom is 0.416 e. The smallest absolute Gasteiger partial charge is 0.349 e. The highest BCUT2D eigenvalue weighted by Crippen LogP contribution is 2.57. The molecule has 2 amide bonds. The number of ketones is 2. The van der Waals surface area contributed by atoms with Gasteiger partial charge >= 0.3 is 6.18 Å². The highest BCUT2D eigenvalue weighted by atomic mass is 35.5. The molecule has 3 aliphatic rings. The number of hydrogen-bond acceptors (Lipinski definition) is 5. The summed E-state index contributed by atoms with van der Waals surface area (Å²) in [7, 11) is 0. The van der Waals surface area contributed by atoms with Gasteiger partial charge < -0.3 is 4.74 Å². The molecule has 6 rings (SSSR count). The molecule has 186 valence electrons. The molecular weight excluding hydrogens is 511 g/mol. The average Bonchev–Trinajstić information content (AvgIpc) is 3.44. The summed E-state index contributed by atoms with van der Waals surface area (Å²) in [5, 5.41) is 0.382. The fourth-order valence-electron chi connectivity index (χ4n) is 5.55. The van der Waals surface area contributed by atoms with Crippen molar-refractivity contribution in [1.29, 1.82) is 0 Å². The van der Waals surface area contributed by atoms with E-state index in [0.29, 0.717) is 21.6 Å². The Morgan fingerprint density at radius 2 is 1.43 bits per heavy atom. The number of halogens is 4. The van der Waals surface area contributed by atoms with Gasteiger partial charge in [-0.1, -0.05) is 54.1 Å². The Kier molecular flexibility index (Phi) is 4.99. The third kappa shape index (κ3) is 3.17. The molecule has 1 spiro atoms. The molecule has 0 aromatic heterocycles. The SMILES string of the molecule is O=C1[C@@H]2[C@@H](c3ccc(Cl)cc3)OC3(C(=O)c4ccccc4C3=O)[C@@H]2C(=O)N1c1cccc(C(F)(F)F)c1. The molecule has 0 saturated carbocycles. The van der Waals surface area contributed by atoms with Crippen LogP contribution in [-0.2, 0) is 20.5 Å². The van der Waals surface area contributed by atoms with Gasteiger partial charge in [-0.05, 0) is 35.9 Å². The number of rotatable bonds is 2. The van der Waals surface area contributed by atoms with Gasteiger partial charge in [0, 0.05) is 16.1 Å². The number of anilines is 1. The van der Waals surface area contributed by atoms with E-state index >= 15 is 0 Å². The summed E-state index contributed by atoms with van der Waals surface area (Å²) in [6.45, 7) is 0. The van der Waals surface area contributed by atoms with Gasteiger partial charge in [-0.25, -0.2) is 4.90 Å². The summed E-state index contributed by atoms with van der Waals surface area (Å²) >= 11 is 5.99. The minimum Gasteiger partial charge on any atom is -0.349 e. The molecule has 0 bridgehead atoms. The van der Waals surface area contributed by atoms with Gasteiger partial charge in [0.05, 0.1) is 29.2 Å². The first-order valence-corrected chi connectivity index (χ1v) is 11.6. The van der Waals surface area contributed by atoms with Gasteiger partial charge in [0.1, 0.15) is 0 Å². The van der Waals surface area contributed by atoms with E-state index in [0.717, 1.165) is 12.1 Å². The van der Waals surface area contributed by atoms with Crippen molar-refractivity contribution in [2.75, 3.05) is 4.90 Å². The average molecular weight is 526 g/mol. The first kappa shape index (κ1) is 23.6. The Bertz CT molecular complexity index is 1480. The predicted octanol–water partition coefficient (Wildman–Crippen LogP) is 5.05. The molecular formula is C27H15ClF3NO5. The van der Waals surface area contributed by atoms with Gasteiger partial charge in [0.15, 0.2) is 0 Å². The first-order chi connectivity index (χ1) is 17.6. The van der Waals surface area contributed by atoms with E-state index in [1.165, 1.54) is 30.3 Å². The third-order valence-corrected chi connectivity index (χ3v) is 7.40. The van der Waals surface area contributed by atoms with Crippen molar-refractivity contribution in [1.82, 2.24) is 0 Å². The van der Waals surface area contributed by atoms with E-state index in [2.05, 4.69) is 0 Å². The minimum atomic E-state index is -4.72. The lowest BCUT2D eigenvalue weighted by Gasteiger charge is -2.27. The lowest BCUT2D eigenvalue weighted by atomic mass is 9.77. The summed E-state index contributed by atoms with van der Waals surface area (Å²) in [4.78, 5) is 55.5. The van der Waals surface area contributed by atoms with Crippen molar-refractivity contribution >= 4 is 40.7 Å². The number of alkyl halides is 3. The van der Waals surface area contributed by atoms with E-state index in [9.17, 15) is 32.3 Å². The van der Waals surface area contributed by atoms with Crippen LogP contribution in [0.1, 0.15) is 37.9 Å². The molecule has 0 unspecified atom stereocenters. The van der Waals surface area contributed by atoms with Gasteiger partial charge in [-0.15, -0.1) is 0 Å². The van der Waals surface area contributed by atoms with E-state index in [1.54, 1.807) is 24.3 Å².